The molecule has 0 unspecified atom stereocenters. The normalized spacial score (nSPS) is 9.91. The zero-order valence-electron chi connectivity index (χ0n) is 12.5. The van der Waals surface area contributed by atoms with Crippen LogP contribution in [0.2, 0.25) is 0 Å². The van der Waals surface area contributed by atoms with Gasteiger partial charge < -0.3 is 14.8 Å². The van der Waals surface area contributed by atoms with Crippen LogP contribution in [0.5, 0.6) is 5.75 Å². The van der Waals surface area contributed by atoms with Gasteiger partial charge in [-0.3, -0.25) is 4.79 Å². The molecule has 0 aliphatic heterocycles. The summed E-state index contributed by atoms with van der Waals surface area (Å²) in [6.45, 7) is 1.62. The summed E-state index contributed by atoms with van der Waals surface area (Å²) in [5, 5.41) is 2.66. The van der Waals surface area contributed by atoms with E-state index in [1.165, 1.54) is 7.11 Å². The molecule has 0 saturated carbocycles. The van der Waals surface area contributed by atoms with Crippen molar-refractivity contribution in [1.82, 2.24) is 0 Å². The molecule has 1 N–H and O–H groups in total. The van der Waals surface area contributed by atoms with Gasteiger partial charge in [0.25, 0.3) is 5.91 Å². The maximum absolute atomic E-state index is 11.9. The third kappa shape index (κ3) is 4.34. The Labute approximate surface area is 128 Å². The van der Waals surface area contributed by atoms with Crippen LogP contribution >= 0.6 is 0 Å². The molecular formula is C17H17NO4. The Morgan fingerprint density at radius 3 is 2.50 bits per heavy atom. The van der Waals surface area contributed by atoms with E-state index in [0.29, 0.717) is 17.0 Å². The fourth-order valence-electron chi connectivity index (χ4n) is 1.80. The quantitative estimate of drug-likeness (QED) is 0.862. The standard InChI is InChI=1S/C17H17NO4/c1-12-6-8-14(9-7-12)18-16(19)11-22-17(20)13-4-3-5-15(10-13)21-2/h3-10H,11H2,1-2H3,(H,18,19). The number of aryl methyl sites for hydroxylation is 1. The minimum absolute atomic E-state index is 0.336. The number of benzene rings is 2. The predicted octanol–water partition coefficient (Wildman–Crippen LogP) is 2.80. The second-order valence-electron chi connectivity index (χ2n) is 4.72. The highest BCUT2D eigenvalue weighted by molar-refractivity contribution is 5.95. The average molecular weight is 299 g/mol. The first-order chi connectivity index (χ1) is 10.6. The number of hydrogen-bond acceptors (Lipinski definition) is 4. The average Bonchev–Trinajstić information content (AvgIpc) is 2.55. The number of anilines is 1. The number of carbonyl (C=O) groups is 2. The third-order valence-corrected chi connectivity index (χ3v) is 2.98. The minimum Gasteiger partial charge on any atom is -0.497 e. The lowest BCUT2D eigenvalue weighted by molar-refractivity contribution is -0.119. The van der Waals surface area contributed by atoms with Gasteiger partial charge in [-0.1, -0.05) is 23.8 Å². The zero-order chi connectivity index (χ0) is 15.9. The summed E-state index contributed by atoms with van der Waals surface area (Å²) in [6.07, 6.45) is 0. The molecule has 0 aliphatic carbocycles. The van der Waals surface area contributed by atoms with Crippen molar-refractivity contribution in [2.45, 2.75) is 6.92 Å². The molecule has 0 bridgehead atoms. The summed E-state index contributed by atoms with van der Waals surface area (Å²) in [6, 6.07) is 13.9. The van der Waals surface area contributed by atoms with Crippen LogP contribution in [-0.4, -0.2) is 25.6 Å². The molecule has 5 nitrogen and oxygen atoms in total. The molecule has 0 aromatic heterocycles. The third-order valence-electron chi connectivity index (χ3n) is 2.98. The highest BCUT2D eigenvalue weighted by Crippen LogP contribution is 2.13. The summed E-state index contributed by atoms with van der Waals surface area (Å²) < 4.78 is 10.0. The van der Waals surface area contributed by atoms with Crippen LogP contribution in [0.4, 0.5) is 5.69 Å². The molecule has 2 aromatic carbocycles. The molecule has 2 rings (SSSR count). The number of hydrogen-bond donors (Lipinski definition) is 1. The predicted molar refractivity (Wildman–Crippen MR) is 83.1 cm³/mol. The first kappa shape index (κ1) is 15.6. The highest BCUT2D eigenvalue weighted by Gasteiger charge is 2.11. The van der Waals surface area contributed by atoms with Gasteiger partial charge in [-0.2, -0.15) is 0 Å². The van der Waals surface area contributed by atoms with Gasteiger partial charge in [0.05, 0.1) is 12.7 Å². The summed E-state index contributed by atoms with van der Waals surface area (Å²) in [5.41, 5.74) is 2.10. The lowest BCUT2D eigenvalue weighted by atomic mass is 10.2. The number of amides is 1. The fourth-order valence-corrected chi connectivity index (χ4v) is 1.80. The number of methoxy groups -OCH3 is 1. The van der Waals surface area contributed by atoms with E-state index in [0.717, 1.165) is 5.56 Å². The maximum atomic E-state index is 11.9. The second-order valence-corrected chi connectivity index (χ2v) is 4.72. The number of ether oxygens (including phenoxy) is 2. The molecule has 0 saturated heterocycles. The molecule has 22 heavy (non-hydrogen) atoms. The Kier molecular flexibility index (Phi) is 5.14. The van der Waals surface area contributed by atoms with Gasteiger partial charge in [-0.15, -0.1) is 0 Å². The lowest BCUT2D eigenvalue weighted by Gasteiger charge is -2.07. The second kappa shape index (κ2) is 7.26. The van der Waals surface area contributed by atoms with Crippen LogP contribution in [0.25, 0.3) is 0 Å². The summed E-state index contributed by atoms with van der Waals surface area (Å²) >= 11 is 0. The first-order valence-corrected chi connectivity index (χ1v) is 6.76. The molecule has 114 valence electrons. The van der Waals surface area contributed by atoms with Crippen molar-refractivity contribution in [3.8, 4) is 5.75 Å². The monoisotopic (exact) mass is 299 g/mol. The molecule has 2 aromatic rings. The number of nitrogens with one attached hydrogen (secondary N) is 1. The zero-order valence-corrected chi connectivity index (χ0v) is 12.5. The van der Waals surface area contributed by atoms with Crippen molar-refractivity contribution >= 4 is 17.6 Å². The molecule has 0 aliphatic rings. The minimum atomic E-state index is -0.571. The SMILES string of the molecule is COc1cccc(C(=O)OCC(=O)Nc2ccc(C)cc2)c1. The maximum Gasteiger partial charge on any atom is 0.338 e. The van der Waals surface area contributed by atoms with Crippen LogP contribution in [0.15, 0.2) is 48.5 Å². The van der Waals surface area contributed by atoms with Crippen LogP contribution in [0.3, 0.4) is 0 Å². The molecule has 1 amide bonds. The number of carbonyl (C=O) groups excluding carboxylic acids is 2. The van der Waals surface area contributed by atoms with E-state index >= 15 is 0 Å². The van der Waals surface area contributed by atoms with Gasteiger partial charge in [-0.25, -0.2) is 4.79 Å². The van der Waals surface area contributed by atoms with Gasteiger partial charge in [0, 0.05) is 5.69 Å². The van der Waals surface area contributed by atoms with Crippen molar-refractivity contribution in [1.29, 1.82) is 0 Å². The largest absolute Gasteiger partial charge is 0.497 e. The van der Waals surface area contributed by atoms with Crippen molar-refractivity contribution in [3.63, 3.8) is 0 Å². The van der Waals surface area contributed by atoms with Crippen molar-refractivity contribution < 1.29 is 19.1 Å². The van der Waals surface area contributed by atoms with Crippen molar-refractivity contribution in [2.75, 3.05) is 19.0 Å². The molecule has 5 heteroatoms. The Morgan fingerprint density at radius 1 is 1.09 bits per heavy atom. The summed E-state index contributed by atoms with van der Waals surface area (Å²) in [4.78, 5) is 23.6. The van der Waals surface area contributed by atoms with Crippen LogP contribution in [-0.2, 0) is 9.53 Å². The topological polar surface area (TPSA) is 64.6 Å². The van der Waals surface area contributed by atoms with Crippen molar-refractivity contribution in [3.05, 3.63) is 59.7 Å². The Morgan fingerprint density at radius 2 is 1.82 bits per heavy atom. The van der Waals surface area contributed by atoms with Crippen molar-refractivity contribution in [2.24, 2.45) is 0 Å². The smallest absolute Gasteiger partial charge is 0.338 e. The van der Waals surface area contributed by atoms with Gasteiger partial charge in [0.2, 0.25) is 0 Å². The van der Waals surface area contributed by atoms with E-state index in [1.54, 1.807) is 36.4 Å². The summed E-state index contributed by atoms with van der Waals surface area (Å²) in [5.74, 6) is -0.406. The molecular weight excluding hydrogens is 282 g/mol. The Balaban J connectivity index is 1.87. The van der Waals surface area contributed by atoms with E-state index < -0.39 is 5.97 Å². The van der Waals surface area contributed by atoms with E-state index in [4.69, 9.17) is 9.47 Å². The van der Waals surface area contributed by atoms with Gasteiger partial charge in [-0.05, 0) is 37.3 Å². The molecule has 0 radical (unpaired) electrons. The molecule has 0 atom stereocenters. The highest BCUT2D eigenvalue weighted by atomic mass is 16.5. The van der Waals surface area contributed by atoms with Gasteiger partial charge >= 0.3 is 5.97 Å². The van der Waals surface area contributed by atoms with Gasteiger partial charge in [0.15, 0.2) is 6.61 Å². The molecule has 0 spiro atoms. The van der Waals surface area contributed by atoms with Crippen LogP contribution in [0, 0.1) is 6.92 Å². The molecule has 0 fully saturated rings. The number of esters is 1. The Hall–Kier alpha value is -2.82. The van der Waals surface area contributed by atoms with E-state index in [-0.39, 0.29) is 12.5 Å². The Bertz CT molecular complexity index is 665. The van der Waals surface area contributed by atoms with E-state index in [1.807, 2.05) is 19.1 Å². The van der Waals surface area contributed by atoms with Gasteiger partial charge in [0.1, 0.15) is 5.75 Å². The fraction of sp³-hybridized carbons (Fsp3) is 0.176. The lowest BCUT2D eigenvalue weighted by Crippen LogP contribution is -2.20. The van der Waals surface area contributed by atoms with Crippen LogP contribution in [0.1, 0.15) is 15.9 Å². The van der Waals surface area contributed by atoms with E-state index in [9.17, 15) is 9.59 Å². The summed E-state index contributed by atoms with van der Waals surface area (Å²) in [7, 11) is 1.51. The number of rotatable bonds is 5. The van der Waals surface area contributed by atoms with Crippen LogP contribution < -0.4 is 10.1 Å². The molecule has 0 heterocycles. The van der Waals surface area contributed by atoms with E-state index in [2.05, 4.69) is 5.32 Å². The first-order valence-electron chi connectivity index (χ1n) is 6.76.